The van der Waals surface area contributed by atoms with Gasteiger partial charge in [-0.05, 0) is 14.0 Å². The molecule has 0 bridgehead atoms. The number of aromatic hydroxyl groups is 1. The van der Waals surface area contributed by atoms with Crippen LogP contribution in [0.4, 0.5) is 0 Å². The highest BCUT2D eigenvalue weighted by Crippen LogP contribution is 2.14. The minimum absolute atomic E-state index is 0.0622. The first-order chi connectivity index (χ1) is 9.72. The summed E-state index contributed by atoms with van der Waals surface area (Å²) in [6.07, 6.45) is 1.02. The van der Waals surface area contributed by atoms with Gasteiger partial charge in [-0.3, -0.25) is 9.59 Å². The molecule has 1 heterocycles. The lowest BCUT2D eigenvalue weighted by Crippen LogP contribution is -2.27. The van der Waals surface area contributed by atoms with Crippen LogP contribution in [0.15, 0.2) is 17.1 Å². The summed E-state index contributed by atoms with van der Waals surface area (Å²) >= 11 is 0. The van der Waals surface area contributed by atoms with Crippen LogP contribution < -0.4 is 5.43 Å². The molecule has 1 aromatic rings. The Labute approximate surface area is 120 Å². The van der Waals surface area contributed by atoms with Crippen molar-refractivity contribution in [3.05, 3.63) is 28.2 Å². The van der Waals surface area contributed by atoms with Gasteiger partial charge in [-0.15, -0.1) is 0 Å². The zero-order chi connectivity index (χ0) is 16.2. The fraction of sp³-hybridized carbons (Fsp3) is 0.462. The lowest BCUT2D eigenvalue weighted by atomic mass is 10.2. The third kappa shape index (κ3) is 4.60. The summed E-state index contributed by atoms with van der Waals surface area (Å²) in [5.74, 6) is -2.57. The zero-order valence-corrected chi connectivity index (χ0v) is 11.8. The topological polar surface area (TPSA) is 120 Å². The summed E-state index contributed by atoms with van der Waals surface area (Å²) in [7, 11) is 1.66. The number of rotatable bonds is 7. The van der Waals surface area contributed by atoms with Gasteiger partial charge in [-0.2, -0.15) is 0 Å². The molecule has 1 aromatic heterocycles. The van der Waals surface area contributed by atoms with Gasteiger partial charge in [-0.1, -0.05) is 0 Å². The van der Waals surface area contributed by atoms with Crippen LogP contribution in [-0.2, 0) is 16.1 Å². The van der Waals surface area contributed by atoms with Crippen LogP contribution in [0.25, 0.3) is 0 Å². The molecule has 3 N–H and O–H groups in total. The third-order valence-electron chi connectivity index (χ3n) is 3.06. The maximum atomic E-state index is 11.5. The van der Waals surface area contributed by atoms with Crippen molar-refractivity contribution >= 4 is 11.9 Å². The zero-order valence-electron chi connectivity index (χ0n) is 11.8. The molecule has 1 unspecified atom stereocenters. The summed E-state index contributed by atoms with van der Waals surface area (Å²) in [4.78, 5) is 34.8. The number of carboxylic acids is 2. The lowest BCUT2D eigenvalue weighted by molar-refractivity contribution is -0.140. The van der Waals surface area contributed by atoms with Gasteiger partial charge in [0.15, 0.2) is 5.75 Å². The SMILES string of the molecule is CC(C(=O)O)n1cc(O)c(=O)cc1CN(C)CCC(=O)O. The molecular weight excluding hydrogens is 280 g/mol. The molecule has 0 fully saturated rings. The first-order valence-electron chi connectivity index (χ1n) is 6.29. The second-order valence-electron chi connectivity index (χ2n) is 4.82. The molecule has 0 amide bonds. The monoisotopic (exact) mass is 298 g/mol. The number of pyridine rings is 1. The van der Waals surface area contributed by atoms with E-state index < -0.39 is 29.2 Å². The predicted octanol–water partition coefficient (Wildman–Crippen LogP) is 0.106. The van der Waals surface area contributed by atoms with Gasteiger partial charge in [0.2, 0.25) is 5.43 Å². The number of hydrogen-bond donors (Lipinski definition) is 3. The van der Waals surface area contributed by atoms with E-state index in [-0.39, 0.29) is 19.5 Å². The molecule has 1 atom stereocenters. The van der Waals surface area contributed by atoms with E-state index in [2.05, 4.69) is 0 Å². The van der Waals surface area contributed by atoms with Crippen molar-refractivity contribution in [1.82, 2.24) is 9.47 Å². The van der Waals surface area contributed by atoms with Gasteiger partial charge in [0, 0.05) is 24.8 Å². The Morgan fingerprint density at radius 1 is 1.38 bits per heavy atom. The van der Waals surface area contributed by atoms with Gasteiger partial charge >= 0.3 is 11.9 Å². The van der Waals surface area contributed by atoms with E-state index in [1.54, 1.807) is 11.9 Å². The summed E-state index contributed by atoms with van der Waals surface area (Å²) in [5.41, 5.74) is -0.217. The lowest BCUT2D eigenvalue weighted by Gasteiger charge is -2.22. The first kappa shape index (κ1) is 16.7. The summed E-state index contributed by atoms with van der Waals surface area (Å²) in [6.45, 7) is 1.87. The minimum atomic E-state index is -1.10. The van der Waals surface area contributed by atoms with Crippen LogP contribution >= 0.6 is 0 Å². The van der Waals surface area contributed by atoms with Crippen molar-refractivity contribution in [2.24, 2.45) is 0 Å². The van der Waals surface area contributed by atoms with Crippen LogP contribution in [0.2, 0.25) is 0 Å². The van der Waals surface area contributed by atoms with Crippen LogP contribution in [0.3, 0.4) is 0 Å². The maximum absolute atomic E-state index is 11.5. The minimum Gasteiger partial charge on any atom is -0.503 e. The molecule has 21 heavy (non-hydrogen) atoms. The number of aromatic nitrogens is 1. The van der Waals surface area contributed by atoms with E-state index in [1.807, 2.05) is 0 Å². The second kappa shape index (κ2) is 6.89. The molecule has 0 spiro atoms. The molecule has 0 aromatic carbocycles. The third-order valence-corrected chi connectivity index (χ3v) is 3.06. The Morgan fingerprint density at radius 3 is 2.52 bits per heavy atom. The Hall–Kier alpha value is -2.35. The fourth-order valence-electron chi connectivity index (χ4n) is 1.83. The molecule has 0 saturated heterocycles. The quantitative estimate of drug-likeness (QED) is 0.653. The number of carbonyl (C=O) groups is 2. The smallest absolute Gasteiger partial charge is 0.326 e. The van der Waals surface area contributed by atoms with E-state index in [1.165, 1.54) is 11.5 Å². The van der Waals surface area contributed by atoms with Gasteiger partial charge in [0.1, 0.15) is 6.04 Å². The highest BCUT2D eigenvalue weighted by molar-refractivity contribution is 5.71. The molecular formula is C13H18N2O6. The second-order valence-corrected chi connectivity index (χ2v) is 4.82. The van der Waals surface area contributed by atoms with E-state index in [9.17, 15) is 19.5 Å². The number of carboxylic acid groups (broad SMARTS) is 2. The Morgan fingerprint density at radius 2 is 2.00 bits per heavy atom. The first-order valence-corrected chi connectivity index (χ1v) is 6.29. The molecule has 0 aliphatic carbocycles. The maximum Gasteiger partial charge on any atom is 0.326 e. The van der Waals surface area contributed by atoms with Crippen molar-refractivity contribution in [2.75, 3.05) is 13.6 Å². The predicted molar refractivity (Wildman–Crippen MR) is 73.3 cm³/mol. The molecule has 8 heteroatoms. The largest absolute Gasteiger partial charge is 0.503 e. The Balaban J connectivity index is 3.04. The molecule has 0 saturated carbocycles. The van der Waals surface area contributed by atoms with Crippen molar-refractivity contribution in [3.63, 3.8) is 0 Å². The normalized spacial score (nSPS) is 12.3. The van der Waals surface area contributed by atoms with Gasteiger partial charge < -0.3 is 24.8 Å². The summed E-state index contributed by atoms with van der Waals surface area (Å²) in [6, 6.07) is 0.200. The van der Waals surface area contributed by atoms with Crippen LogP contribution in [-0.4, -0.2) is 50.3 Å². The van der Waals surface area contributed by atoms with Crippen LogP contribution in [0, 0.1) is 0 Å². The highest BCUT2D eigenvalue weighted by Gasteiger charge is 2.18. The Kier molecular flexibility index (Phi) is 5.48. The molecule has 0 aliphatic rings. The Bertz CT molecular complexity index is 595. The molecule has 1 rings (SSSR count). The van der Waals surface area contributed by atoms with E-state index in [4.69, 9.17) is 10.2 Å². The molecule has 0 aliphatic heterocycles. The van der Waals surface area contributed by atoms with Gasteiger partial charge in [0.25, 0.3) is 0 Å². The number of hydrogen-bond acceptors (Lipinski definition) is 5. The van der Waals surface area contributed by atoms with Crippen molar-refractivity contribution < 1.29 is 24.9 Å². The van der Waals surface area contributed by atoms with Crippen LogP contribution in [0.5, 0.6) is 5.75 Å². The molecule has 8 nitrogen and oxygen atoms in total. The summed E-state index contributed by atoms with van der Waals surface area (Å²) < 4.78 is 1.29. The average Bonchev–Trinajstić information content (AvgIpc) is 2.39. The fourth-order valence-corrected chi connectivity index (χ4v) is 1.83. The van der Waals surface area contributed by atoms with Gasteiger partial charge in [-0.25, -0.2) is 4.79 Å². The van der Waals surface area contributed by atoms with Gasteiger partial charge in [0.05, 0.1) is 12.6 Å². The van der Waals surface area contributed by atoms with Crippen molar-refractivity contribution in [2.45, 2.75) is 25.9 Å². The van der Waals surface area contributed by atoms with E-state index in [0.29, 0.717) is 5.69 Å². The highest BCUT2D eigenvalue weighted by atomic mass is 16.4. The number of nitrogens with zero attached hydrogens (tertiary/aromatic N) is 2. The summed E-state index contributed by atoms with van der Waals surface area (Å²) in [5, 5.41) is 27.1. The number of aliphatic carboxylic acids is 2. The van der Waals surface area contributed by atoms with Crippen LogP contribution in [0.1, 0.15) is 25.1 Å². The molecule has 116 valence electrons. The van der Waals surface area contributed by atoms with Crippen molar-refractivity contribution in [1.29, 1.82) is 0 Å². The van der Waals surface area contributed by atoms with E-state index >= 15 is 0 Å². The standard InChI is InChI=1S/C13H18N2O6/c1-8(13(20)21)15-7-11(17)10(16)5-9(15)6-14(2)4-3-12(18)19/h5,7-8,17H,3-4,6H2,1-2H3,(H,18,19)(H,20,21). The van der Waals surface area contributed by atoms with Crippen molar-refractivity contribution in [3.8, 4) is 5.75 Å². The average molecular weight is 298 g/mol. The molecule has 0 radical (unpaired) electrons. The van der Waals surface area contributed by atoms with E-state index in [0.717, 1.165) is 12.3 Å².